The van der Waals surface area contributed by atoms with Crippen molar-refractivity contribution < 1.29 is 4.74 Å². The fourth-order valence-electron chi connectivity index (χ4n) is 1.23. The number of rotatable bonds is 0. The van der Waals surface area contributed by atoms with Crippen molar-refractivity contribution in [2.24, 2.45) is 5.92 Å². The highest BCUT2D eigenvalue weighted by Crippen LogP contribution is 2.21. The predicted molar refractivity (Wildman–Crippen MR) is 30.4 cm³/mol. The molecule has 8 heavy (non-hydrogen) atoms. The molecule has 2 heteroatoms. The zero-order valence-electron chi connectivity index (χ0n) is 4.68. The molecular formula is C6H9NO. The molecule has 2 aliphatic rings. The van der Waals surface area contributed by atoms with Gasteiger partial charge in [0.05, 0.1) is 13.2 Å². The predicted octanol–water partition coefficient (Wildman–Crippen LogP) is 0.120. The molecule has 1 atom stereocenters. The molecular weight excluding hydrogens is 102 g/mol. The normalized spacial score (nSPS) is 34.0. The molecule has 0 unspecified atom stereocenters. The second kappa shape index (κ2) is 1.49. The van der Waals surface area contributed by atoms with Crippen molar-refractivity contribution in [3.63, 3.8) is 0 Å². The lowest BCUT2D eigenvalue weighted by Crippen LogP contribution is -2.10. The van der Waals surface area contributed by atoms with E-state index in [0.717, 1.165) is 19.8 Å². The molecule has 0 amide bonds. The van der Waals surface area contributed by atoms with E-state index in [1.165, 1.54) is 5.57 Å². The maximum absolute atomic E-state index is 5.20. The topological polar surface area (TPSA) is 21.3 Å². The minimum absolute atomic E-state index is 0.704. The third-order valence-corrected chi connectivity index (χ3v) is 1.76. The molecule has 0 aromatic rings. The summed E-state index contributed by atoms with van der Waals surface area (Å²) in [6, 6.07) is 0. The van der Waals surface area contributed by atoms with Gasteiger partial charge in [-0.15, -0.1) is 0 Å². The van der Waals surface area contributed by atoms with E-state index in [1.54, 1.807) is 0 Å². The lowest BCUT2D eigenvalue weighted by molar-refractivity contribution is 0.187. The van der Waals surface area contributed by atoms with Crippen molar-refractivity contribution in [3.8, 4) is 0 Å². The largest absolute Gasteiger partial charge is 0.390 e. The number of nitrogens with one attached hydrogen (secondary N) is 1. The van der Waals surface area contributed by atoms with Crippen molar-refractivity contribution in [1.82, 2.24) is 5.32 Å². The van der Waals surface area contributed by atoms with Gasteiger partial charge in [-0.1, -0.05) is 0 Å². The molecule has 0 aromatic carbocycles. The molecule has 1 fully saturated rings. The summed E-state index contributed by atoms with van der Waals surface area (Å²) in [5.41, 5.74) is 1.45. The first kappa shape index (κ1) is 4.39. The monoisotopic (exact) mass is 111 g/mol. The van der Waals surface area contributed by atoms with Gasteiger partial charge in [-0.25, -0.2) is 0 Å². The van der Waals surface area contributed by atoms with Crippen molar-refractivity contribution in [2.45, 2.75) is 0 Å². The molecule has 2 rings (SSSR count). The summed E-state index contributed by atoms with van der Waals surface area (Å²) in [5, 5.41) is 3.18. The van der Waals surface area contributed by atoms with Crippen molar-refractivity contribution in [1.29, 1.82) is 0 Å². The summed E-state index contributed by atoms with van der Waals surface area (Å²) in [6.45, 7) is 2.88. The van der Waals surface area contributed by atoms with Gasteiger partial charge in [-0.2, -0.15) is 0 Å². The number of fused-ring (bicyclic) bond motifs is 1. The van der Waals surface area contributed by atoms with Crippen LogP contribution in [0, 0.1) is 5.92 Å². The molecule has 2 nitrogen and oxygen atoms in total. The van der Waals surface area contributed by atoms with E-state index in [4.69, 9.17) is 4.74 Å². The molecule has 2 heterocycles. The van der Waals surface area contributed by atoms with Gasteiger partial charge in [0.15, 0.2) is 0 Å². The Bertz CT molecular complexity index is 130. The highest BCUT2D eigenvalue weighted by molar-refractivity contribution is 5.15. The Morgan fingerprint density at radius 2 is 2.75 bits per heavy atom. The fourth-order valence-corrected chi connectivity index (χ4v) is 1.23. The first-order valence-corrected chi connectivity index (χ1v) is 2.97. The van der Waals surface area contributed by atoms with Gasteiger partial charge in [0.1, 0.15) is 0 Å². The zero-order chi connectivity index (χ0) is 5.40. The number of hydrogen-bond acceptors (Lipinski definition) is 2. The minimum atomic E-state index is 0.704. The lowest BCUT2D eigenvalue weighted by atomic mass is 10.1. The Morgan fingerprint density at radius 3 is 3.62 bits per heavy atom. The van der Waals surface area contributed by atoms with Crippen LogP contribution in [0.4, 0.5) is 0 Å². The van der Waals surface area contributed by atoms with Crippen molar-refractivity contribution in [3.05, 3.63) is 11.8 Å². The summed E-state index contributed by atoms with van der Waals surface area (Å²) in [4.78, 5) is 0. The maximum Gasteiger partial charge on any atom is 0.0698 e. The van der Waals surface area contributed by atoms with E-state index in [2.05, 4.69) is 11.5 Å². The molecule has 0 spiro atoms. The van der Waals surface area contributed by atoms with Gasteiger partial charge < -0.3 is 10.1 Å². The van der Waals surface area contributed by atoms with Crippen LogP contribution in [0.3, 0.4) is 0 Å². The van der Waals surface area contributed by atoms with Crippen LogP contribution in [0.15, 0.2) is 11.8 Å². The third kappa shape index (κ3) is 0.464. The summed E-state index contributed by atoms with van der Waals surface area (Å²) in [7, 11) is 0. The van der Waals surface area contributed by atoms with Gasteiger partial charge in [0.2, 0.25) is 0 Å². The van der Waals surface area contributed by atoms with Gasteiger partial charge >= 0.3 is 0 Å². The highest BCUT2D eigenvalue weighted by atomic mass is 16.5. The van der Waals surface area contributed by atoms with Gasteiger partial charge in [0, 0.05) is 12.5 Å². The zero-order valence-corrected chi connectivity index (χ0v) is 4.68. The quantitative estimate of drug-likeness (QED) is 0.479. The van der Waals surface area contributed by atoms with E-state index in [9.17, 15) is 0 Å². The van der Waals surface area contributed by atoms with E-state index in [1.807, 2.05) is 0 Å². The average Bonchev–Trinajstić information content (AvgIpc) is 2.15. The van der Waals surface area contributed by atoms with E-state index in [0.29, 0.717) is 5.92 Å². The van der Waals surface area contributed by atoms with Crippen LogP contribution in [-0.4, -0.2) is 19.8 Å². The standard InChI is InChI=1S/C6H9NO/c1-5-3-8-4-6(5)2-7-1/h1,6-7H,2-4H2/t6-/m1/s1. The lowest BCUT2D eigenvalue weighted by Gasteiger charge is -1.96. The summed E-state index contributed by atoms with van der Waals surface area (Å²) >= 11 is 0. The Labute approximate surface area is 48.5 Å². The van der Waals surface area contributed by atoms with Crippen molar-refractivity contribution in [2.75, 3.05) is 19.8 Å². The van der Waals surface area contributed by atoms with Crippen LogP contribution in [-0.2, 0) is 4.74 Å². The Balaban J connectivity index is 2.20. The van der Waals surface area contributed by atoms with Gasteiger partial charge in [-0.05, 0) is 11.8 Å². The van der Waals surface area contributed by atoms with E-state index < -0.39 is 0 Å². The molecule has 2 aliphatic heterocycles. The Morgan fingerprint density at radius 1 is 1.75 bits per heavy atom. The average molecular weight is 111 g/mol. The molecule has 0 radical (unpaired) electrons. The Hall–Kier alpha value is -0.500. The maximum atomic E-state index is 5.20. The molecule has 0 aliphatic carbocycles. The molecule has 0 saturated carbocycles. The van der Waals surface area contributed by atoms with E-state index >= 15 is 0 Å². The smallest absolute Gasteiger partial charge is 0.0698 e. The Kier molecular flexibility index (Phi) is 0.815. The molecule has 0 aromatic heterocycles. The van der Waals surface area contributed by atoms with Gasteiger partial charge in [0.25, 0.3) is 0 Å². The van der Waals surface area contributed by atoms with Gasteiger partial charge in [-0.3, -0.25) is 0 Å². The fraction of sp³-hybridized carbons (Fsp3) is 0.667. The van der Waals surface area contributed by atoms with Crippen LogP contribution >= 0.6 is 0 Å². The molecule has 44 valence electrons. The second-order valence-electron chi connectivity index (χ2n) is 2.34. The highest BCUT2D eigenvalue weighted by Gasteiger charge is 2.24. The molecule has 1 saturated heterocycles. The SMILES string of the molecule is C1=C2COC[C@H]2CN1. The summed E-state index contributed by atoms with van der Waals surface area (Å²) in [6.07, 6.45) is 2.08. The minimum Gasteiger partial charge on any atom is -0.390 e. The summed E-state index contributed by atoms with van der Waals surface area (Å²) < 4.78 is 5.20. The number of ether oxygens (including phenoxy) is 1. The molecule has 1 N–H and O–H groups in total. The van der Waals surface area contributed by atoms with Crippen LogP contribution in [0.25, 0.3) is 0 Å². The second-order valence-corrected chi connectivity index (χ2v) is 2.34. The van der Waals surface area contributed by atoms with Crippen LogP contribution in [0.1, 0.15) is 0 Å². The van der Waals surface area contributed by atoms with Crippen LogP contribution < -0.4 is 5.32 Å². The van der Waals surface area contributed by atoms with E-state index in [-0.39, 0.29) is 0 Å². The molecule has 0 bridgehead atoms. The van der Waals surface area contributed by atoms with Crippen molar-refractivity contribution >= 4 is 0 Å². The van der Waals surface area contributed by atoms with Crippen LogP contribution in [0.5, 0.6) is 0 Å². The first-order chi connectivity index (χ1) is 3.97. The first-order valence-electron chi connectivity index (χ1n) is 2.97. The summed E-state index contributed by atoms with van der Waals surface area (Å²) in [5.74, 6) is 0.704. The third-order valence-electron chi connectivity index (χ3n) is 1.76. The number of hydrogen-bond donors (Lipinski definition) is 1. The van der Waals surface area contributed by atoms with Crippen LogP contribution in [0.2, 0.25) is 0 Å².